The van der Waals surface area contributed by atoms with Gasteiger partial charge in [0.25, 0.3) is 5.91 Å². The summed E-state index contributed by atoms with van der Waals surface area (Å²) in [6, 6.07) is 8.01. The van der Waals surface area contributed by atoms with Gasteiger partial charge < -0.3 is 15.0 Å². The maximum absolute atomic E-state index is 12.1. The molecule has 0 unspecified atom stereocenters. The maximum Gasteiger partial charge on any atom is 0.267 e. The minimum atomic E-state index is -0.0580. The van der Waals surface area contributed by atoms with Crippen LogP contribution in [-0.2, 0) is 4.74 Å². The zero-order valence-electron chi connectivity index (χ0n) is 12.9. The molecular formula is C17H24N2O2. The highest BCUT2D eigenvalue weighted by atomic mass is 16.5. The molecule has 0 aliphatic rings. The average molecular weight is 288 g/mol. The number of aromatic amines is 1. The number of benzene rings is 1. The monoisotopic (exact) mass is 288 g/mol. The summed E-state index contributed by atoms with van der Waals surface area (Å²) in [5.74, 6) is -0.0580. The van der Waals surface area contributed by atoms with Gasteiger partial charge in [-0.05, 0) is 38.0 Å². The van der Waals surface area contributed by atoms with Crippen LogP contribution in [0.5, 0.6) is 0 Å². The van der Waals surface area contributed by atoms with Gasteiger partial charge in [0.2, 0.25) is 0 Å². The van der Waals surface area contributed by atoms with E-state index >= 15 is 0 Å². The summed E-state index contributed by atoms with van der Waals surface area (Å²) in [6.07, 6.45) is 3.09. The van der Waals surface area contributed by atoms with Crippen LogP contribution in [0.25, 0.3) is 10.9 Å². The molecule has 0 fully saturated rings. The Balaban J connectivity index is 1.77. The largest absolute Gasteiger partial charge is 0.381 e. The van der Waals surface area contributed by atoms with Gasteiger partial charge in [-0.3, -0.25) is 4.79 Å². The SMILES string of the molecule is CCCCOCCCNC(=O)c1cc2cc(C)ccc2[nH]1. The van der Waals surface area contributed by atoms with E-state index in [9.17, 15) is 4.79 Å². The van der Waals surface area contributed by atoms with Crippen molar-refractivity contribution in [1.29, 1.82) is 0 Å². The lowest BCUT2D eigenvalue weighted by Crippen LogP contribution is -2.25. The van der Waals surface area contributed by atoms with Crippen molar-refractivity contribution in [1.82, 2.24) is 10.3 Å². The molecule has 0 bridgehead atoms. The number of carbonyl (C=O) groups is 1. The van der Waals surface area contributed by atoms with E-state index in [0.717, 1.165) is 36.8 Å². The third-order valence-electron chi connectivity index (χ3n) is 3.41. The maximum atomic E-state index is 12.1. The van der Waals surface area contributed by atoms with E-state index in [-0.39, 0.29) is 5.91 Å². The van der Waals surface area contributed by atoms with Gasteiger partial charge in [0.05, 0.1) is 0 Å². The zero-order valence-corrected chi connectivity index (χ0v) is 12.9. The predicted molar refractivity (Wildman–Crippen MR) is 85.7 cm³/mol. The molecule has 1 aromatic heterocycles. The van der Waals surface area contributed by atoms with Crippen molar-refractivity contribution in [3.8, 4) is 0 Å². The third kappa shape index (κ3) is 4.60. The lowest BCUT2D eigenvalue weighted by atomic mass is 10.2. The van der Waals surface area contributed by atoms with E-state index in [1.165, 1.54) is 5.56 Å². The highest BCUT2D eigenvalue weighted by Crippen LogP contribution is 2.16. The number of unbranched alkanes of at least 4 members (excludes halogenated alkanes) is 1. The molecule has 0 saturated heterocycles. The zero-order chi connectivity index (χ0) is 15.1. The highest BCUT2D eigenvalue weighted by molar-refractivity contribution is 5.98. The van der Waals surface area contributed by atoms with E-state index in [4.69, 9.17) is 4.74 Å². The first-order chi connectivity index (χ1) is 10.2. The van der Waals surface area contributed by atoms with Gasteiger partial charge in [-0.25, -0.2) is 0 Å². The molecule has 0 atom stereocenters. The Morgan fingerprint density at radius 2 is 2.05 bits per heavy atom. The molecule has 0 saturated carbocycles. The molecule has 2 aromatic rings. The van der Waals surface area contributed by atoms with Crippen LogP contribution in [0.1, 0.15) is 42.2 Å². The summed E-state index contributed by atoms with van der Waals surface area (Å²) >= 11 is 0. The van der Waals surface area contributed by atoms with Crippen molar-refractivity contribution < 1.29 is 9.53 Å². The number of carbonyl (C=O) groups excluding carboxylic acids is 1. The van der Waals surface area contributed by atoms with E-state index in [1.54, 1.807) is 0 Å². The molecule has 0 spiro atoms. The molecule has 0 radical (unpaired) electrons. The molecule has 1 amide bonds. The summed E-state index contributed by atoms with van der Waals surface area (Å²) in [5.41, 5.74) is 2.80. The fourth-order valence-corrected chi connectivity index (χ4v) is 2.19. The lowest BCUT2D eigenvalue weighted by molar-refractivity contribution is 0.0936. The van der Waals surface area contributed by atoms with Crippen LogP contribution >= 0.6 is 0 Å². The van der Waals surface area contributed by atoms with E-state index in [0.29, 0.717) is 18.8 Å². The number of hydrogen-bond donors (Lipinski definition) is 2. The Morgan fingerprint density at radius 1 is 1.24 bits per heavy atom. The summed E-state index contributed by atoms with van der Waals surface area (Å²) in [6.45, 7) is 6.34. The van der Waals surface area contributed by atoms with Crippen LogP contribution in [-0.4, -0.2) is 30.6 Å². The van der Waals surface area contributed by atoms with Crippen LogP contribution in [0.3, 0.4) is 0 Å². The first-order valence-electron chi connectivity index (χ1n) is 7.66. The summed E-state index contributed by atoms with van der Waals surface area (Å²) < 4.78 is 5.46. The Morgan fingerprint density at radius 3 is 2.86 bits per heavy atom. The number of hydrogen-bond acceptors (Lipinski definition) is 2. The van der Waals surface area contributed by atoms with Crippen LogP contribution in [0, 0.1) is 6.92 Å². The fourth-order valence-electron chi connectivity index (χ4n) is 2.19. The minimum Gasteiger partial charge on any atom is -0.381 e. The molecule has 2 N–H and O–H groups in total. The second-order valence-electron chi connectivity index (χ2n) is 5.35. The molecule has 1 aromatic carbocycles. The number of aromatic nitrogens is 1. The normalized spacial score (nSPS) is 11.0. The molecule has 1 heterocycles. The van der Waals surface area contributed by atoms with Crippen molar-refractivity contribution in [3.05, 3.63) is 35.5 Å². The van der Waals surface area contributed by atoms with Crippen molar-refractivity contribution >= 4 is 16.8 Å². The Labute approximate surface area is 125 Å². The molecule has 21 heavy (non-hydrogen) atoms. The summed E-state index contributed by atoms with van der Waals surface area (Å²) in [4.78, 5) is 15.2. The number of amides is 1. The Hall–Kier alpha value is -1.81. The van der Waals surface area contributed by atoms with Crippen LogP contribution in [0.15, 0.2) is 24.3 Å². The topological polar surface area (TPSA) is 54.1 Å². The standard InChI is InChI=1S/C17H24N2O2/c1-3-4-9-21-10-5-8-18-17(20)16-12-14-11-13(2)6-7-15(14)19-16/h6-7,11-12,19H,3-5,8-10H2,1-2H3,(H,18,20). The number of rotatable bonds is 8. The quantitative estimate of drug-likeness (QED) is 0.731. The Kier molecular flexibility index (Phi) is 5.81. The van der Waals surface area contributed by atoms with Crippen LogP contribution in [0.4, 0.5) is 0 Å². The highest BCUT2D eigenvalue weighted by Gasteiger charge is 2.08. The fraction of sp³-hybridized carbons (Fsp3) is 0.471. The number of fused-ring (bicyclic) bond motifs is 1. The van der Waals surface area contributed by atoms with Crippen LogP contribution in [0.2, 0.25) is 0 Å². The summed E-state index contributed by atoms with van der Waals surface area (Å²) in [5, 5.41) is 3.99. The van der Waals surface area contributed by atoms with Gasteiger partial charge in [-0.1, -0.05) is 25.0 Å². The van der Waals surface area contributed by atoms with Crippen molar-refractivity contribution in [2.45, 2.75) is 33.1 Å². The van der Waals surface area contributed by atoms with E-state index in [2.05, 4.69) is 23.3 Å². The molecular weight excluding hydrogens is 264 g/mol. The number of ether oxygens (including phenoxy) is 1. The Bertz CT molecular complexity index is 589. The summed E-state index contributed by atoms with van der Waals surface area (Å²) in [7, 11) is 0. The smallest absolute Gasteiger partial charge is 0.267 e. The van der Waals surface area contributed by atoms with Crippen molar-refractivity contribution in [2.24, 2.45) is 0 Å². The van der Waals surface area contributed by atoms with E-state index in [1.807, 2.05) is 25.1 Å². The minimum absolute atomic E-state index is 0.0580. The third-order valence-corrected chi connectivity index (χ3v) is 3.41. The van der Waals surface area contributed by atoms with Crippen molar-refractivity contribution in [3.63, 3.8) is 0 Å². The van der Waals surface area contributed by atoms with Gasteiger partial charge in [0.1, 0.15) is 5.69 Å². The molecule has 4 nitrogen and oxygen atoms in total. The number of H-pyrrole nitrogens is 1. The first-order valence-corrected chi connectivity index (χ1v) is 7.66. The van der Waals surface area contributed by atoms with Gasteiger partial charge in [-0.15, -0.1) is 0 Å². The van der Waals surface area contributed by atoms with Gasteiger partial charge in [-0.2, -0.15) is 0 Å². The molecule has 0 aliphatic heterocycles. The molecule has 4 heteroatoms. The van der Waals surface area contributed by atoms with Crippen molar-refractivity contribution in [2.75, 3.05) is 19.8 Å². The second kappa shape index (κ2) is 7.84. The van der Waals surface area contributed by atoms with E-state index < -0.39 is 0 Å². The second-order valence-corrected chi connectivity index (χ2v) is 5.35. The molecule has 2 rings (SSSR count). The van der Waals surface area contributed by atoms with Gasteiger partial charge in [0, 0.05) is 30.7 Å². The first kappa shape index (κ1) is 15.6. The predicted octanol–water partition coefficient (Wildman–Crippen LogP) is 3.41. The van der Waals surface area contributed by atoms with Gasteiger partial charge in [0.15, 0.2) is 0 Å². The number of aryl methyl sites for hydroxylation is 1. The average Bonchev–Trinajstić information content (AvgIpc) is 2.89. The lowest BCUT2D eigenvalue weighted by Gasteiger charge is -2.04. The molecule has 0 aliphatic carbocycles. The number of nitrogens with one attached hydrogen (secondary N) is 2. The van der Waals surface area contributed by atoms with Gasteiger partial charge >= 0.3 is 0 Å². The molecule has 114 valence electrons. The van der Waals surface area contributed by atoms with Crippen LogP contribution < -0.4 is 5.32 Å².